The van der Waals surface area contributed by atoms with Crippen LogP contribution in [0.3, 0.4) is 0 Å². The van der Waals surface area contributed by atoms with Crippen molar-refractivity contribution in [1.82, 2.24) is 0 Å². The molecule has 1 aromatic carbocycles. The maximum Gasteiger partial charge on any atom is 0.134 e. The predicted molar refractivity (Wildman–Crippen MR) is 71.3 cm³/mol. The number of rotatable bonds is 1. The number of benzene rings is 1. The van der Waals surface area contributed by atoms with Gasteiger partial charge in [0.25, 0.3) is 0 Å². The van der Waals surface area contributed by atoms with Crippen molar-refractivity contribution in [2.24, 2.45) is 5.92 Å². The number of para-hydroxylation sites is 1. The van der Waals surface area contributed by atoms with Crippen molar-refractivity contribution in [3.63, 3.8) is 0 Å². The van der Waals surface area contributed by atoms with Crippen LogP contribution >= 0.6 is 0 Å². The van der Waals surface area contributed by atoms with Crippen LogP contribution in [0.1, 0.15) is 49.8 Å². The molecule has 1 nitrogen and oxygen atoms in total. The lowest BCUT2D eigenvalue weighted by molar-refractivity contribution is 0.328. The van der Waals surface area contributed by atoms with Crippen molar-refractivity contribution in [2.45, 2.75) is 45.4 Å². The van der Waals surface area contributed by atoms with Gasteiger partial charge in [-0.25, -0.2) is 0 Å². The van der Waals surface area contributed by atoms with Gasteiger partial charge in [-0.1, -0.05) is 44.4 Å². The lowest BCUT2D eigenvalue weighted by Crippen LogP contribution is -2.15. The molecule has 17 heavy (non-hydrogen) atoms. The number of fused-ring (bicyclic) bond motifs is 1. The normalized spacial score (nSPS) is 25.3. The molecule has 1 aliphatic carbocycles. The smallest absolute Gasteiger partial charge is 0.134 e. The number of furan rings is 1. The third-order valence-corrected chi connectivity index (χ3v) is 4.30. The first-order valence-corrected chi connectivity index (χ1v) is 6.75. The first-order valence-electron chi connectivity index (χ1n) is 6.75. The van der Waals surface area contributed by atoms with E-state index in [1.807, 2.05) is 0 Å². The van der Waals surface area contributed by atoms with Crippen LogP contribution in [-0.4, -0.2) is 0 Å². The molecule has 90 valence electrons. The molecule has 0 spiro atoms. The van der Waals surface area contributed by atoms with Gasteiger partial charge in [0.1, 0.15) is 11.3 Å². The Morgan fingerprint density at radius 3 is 2.71 bits per heavy atom. The van der Waals surface area contributed by atoms with Gasteiger partial charge in [-0.3, -0.25) is 0 Å². The van der Waals surface area contributed by atoms with E-state index in [4.69, 9.17) is 4.42 Å². The maximum atomic E-state index is 5.90. The zero-order valence-electron chi connectivity index (χ0n) is 10.7. The monoisotopic (exact) mass is 228 g/mol. The molecular weight excluding hydrogens is 208 g/mol. The van der Waals surface area contributed by atoms with Gasteiger partial charge in [0.15, 0.2) is 0 Å². The molecule has 1 heterocycles. The van der Waals surface area contributed by atoms with Gasteiger partial charge in [0.05, 0.1) is 0 Å². The Labute approximate surface area is 103 Å². The Hall–Kier alpha value is -1.24. The van der Waals surface area contributed by atoms with Crippen LogP contribution in [0.4, 0.5) is 0 Å². The molecule has 2 atom stereocenters. The standard InChI is InChI=1S/C16H20O/c1-11-7-3-4-8-13(11)16-12(2)17-15-10-6-5-9-14(15)16/h5-6,9-11,13H,3-4,7-8H2,1-2H3/t11-,13?/m1/s1. The summed E-state index contributed by atoms with van der Waals surface area (Å²) in [5.41, 5.74) is 2.53. The highest BCUT2D eigenvalue weighted by Gasteiger charge is 2.27. The van der Waals surface area contributed by atoms with Gasteiger partial charge >= 0.3 is 0 Å². The van der Waals surface area contributed by atoms with E-state index in [-0.39, 0.29) is 0 Å². The lowest BCUT2D eigenvalue weighted by atomic mass is 9.76. The Balaban J connectivity index is 2.12. The minimum atomic E-state index is 0.701. The van der Waals surface area contributed by atoms with Gasteiger partial charge in [-0.05, 0) is 31.2 Å². The zero-order chi connectivity index (χ0) is 11.8. The Morgan fingerprint density at radius 1 is 1.12 bits per heavy atom. The quantitative estimate of drug-likeness (QED) is 0.666. The van der Waals surface area contributed by atoms with E-state index in [0.717, 1.165) is 17.3 Å². The van der Waals surface area contributed by atoms with Crippen LogP contribution in [0.25, 0.3) is 11.0 Å². The fourth-order valence-corrected chi connectivity index (χ4v) is 3.39. The second kappa shape index (κ2) is 4.21. The van der Waals surface area contributed by atoms with Gasteiger partial charge in [-0.15, -0.1) is 0 Å². The Morgan fingerprint density at radius 2 is 1.88 bits per heavy atom. The molecule has 0 N–H and O–H groups in total. The highest BCUT2D eigenvalue weighted by molar-refractivity contribution is 5.82. The number of hydrogen-bond acceptors (Lipinski definition) is 1. The third-order valence-electron chi connectivity index (χ3n) is 4.30. The van der Waals surface area contributed by atoms with E-state index in [2.05, 4.69) is 38.1 Å². The van der Waals surface area contributed by atoms with Crippen LogP contribution in [0.2, 0.25) is 0 Å². The van der Waals surface area contributed by atoms with Crippen LogP contribution in [0, 0.1) is 12.8 Å². The van der Waals surface area contributed by atoms with Crippen molar-refractivity contribution in [3.05, 3.63) is 35.6 Å². The molecule has 1 fully saturated rings. The van der Waals surface area contributed by atoms with Gasteiger partial charge in [0.2, 0.25) is 0 Å². The van der Waals surface area contributed by atoms with Crippen LogP contribution in [-0.2, 0) is 0 Å². The molecule has 1 saturated carbocycles. The molecule has 0 bridgehead atoms. The minimum Gasteiger partial charge on any atom is -0.461 e. The summed E-state index contributed by atoms with van der Waals surface area (Å²) >= 11 is 0. The van der Waals surface area contributed by atoms with Crippen molar-refractivity contribution >= 4 is 11.0 Å². The summed E-state index contributed by atoms with van der Waals surface area (Å²) in [6.45, 7) is 4.52. The van der Waals surface area contributed by atoms with Crippen molar-refractivity contribution in [2.75, 3.05) is 0 Å². The first kappa shape index (κ1) is 10.9. The largest absolute Gasteiger partial charge is 0.461 e. The van der Waals surface area contributed by atoms with Gasteiger partial charge in [-0.2, -0.15) is 0 Å². The second-order valence-corrected chi connectivity index (χ2v) is 5.44. The molecule has 2 aromatic rings. The topological polar surface area (TPSA) is 13.1 Å². The van der Waals surface area contributed by atoms with Gasteiger partial charge in [0, 0.05) is 10.9 Å². The average molecular weight is 228 g/mol. The molecule has 0 saturated heterocycles. The maximum absolute atomic E-state index is 5.90. The summed E-state index contributed by atoms with van der Waals surface area (Å²) in [6.07, 6.45) is 5.45. The first-order chi connectivity index (χ1) is 8.27. The number of aryl methyl sites for hydroxylation is 1. The fourth-order valence-electron chi connectivity index (χ4n) is 3.39. The minimum absolute atomic E-state index is 0.701. The Kier molecular flexibility index (Phi) is 2.70. The fraction of sp³-hybridized carbons (Fsp3) is 0.500. The van der Waals surface area contributed by atoms with Crippen molar-refractivity contribution in [1.29, 1.82) is 0 Å². The van der Waals surface area contributed by atoms with Crippen LogP contribution in [0.15, 0.2) is 28.7 Å². The van der Waals surface area contributed by atoms with E-state index >= 15 is 0 Å². The summed E-state index contributed by atoms with van der Waals surface area (Å²) in [5.74, 6) is 2.63. The lowest BCUT2D eigenvalue weighted by Gasteiger charge is -2.28. The molecule has 0 amide bonds. The third kappa shape index (κ3) is 1.78. The van der Waals surface area contributed by atoms with E-state index in [9.17, 15) is 0 Å². The van der Waals surface area contributed by atoms with E-state index < -0.39 is 0 Å². The van der Waals surface area contributed by atoms with E-state index in [1.54, 1.807) is 0 Å². The molecular formula is C16H20O. The van der Waals surface area contributed by atoms with Crippen molar-refractivity contribution < 1.29 is 4.42 Å². The second-order valence-electron chi connectivity index (χ2n) is 5.44. The average Bonchev–Trinajstić information content (AvgIpc) is 2.66. The summed E-state index contributed by atoms with van der Waals surface area (Å²) in [6, 6.07) is 8.47. The molecule has 3 rings (SSSR count). The Bertz CT molecular complexity index is 523. The van der Waals surface area contributed by atoms with Gasteiger partial charge < -0.3 is 4.42 Å². The summed E-state index contributed by atoms with van der Waals surface area (Å²) in [7, 11) is 0. The molecule has 1 aliphatic rings. The highest BCUT2D eigenvalue weighted by Crippen LogP contribution is 2.42. The van der Waals surface area contributed by atoms with Crippen LogP contribution < -0.4 is 0 Å². The molecule has 1 unspecified atom stereocenters. The number of hydrogen-bond donors (Lipinski definition) is 0. The van der Waals surface area contributed by atoms with Crippen molar-refractivity contribution in [3.8, 4) is 0 Å². The SMILES string of the molecule is Cc1oc2ccccc2c1C1CCCC[C@H]1C. The van der Waals surface area contributed by atoms with Crippen LogP contribution in [0.5, 0.6) is 0 Å². The summed E-state index contributed by atoms with van der Waals surface area (Å²) in [5, 5.41) is 1.34. The zero-order valence-corrected chi connectivity index (χ0v) is 10.7. The predicted octanol–water partition coefficient (Wildman–Crippen LogP) is 5.03. The van der Waals surface area contributed by atoms with E-state index in [0.29, 0.717) is 5.92 Å². The summed E-state index contributed by atoms with van der Waals surface area (Å²) in [4.78, 5) is 0. The summed E-state index contributed by atoms with van der Waals surface area (Å²) < 4.78 is 5.90. The molecule has 0 radical (unpaired) electrons. The molecule has 1 aromatic heterocycles. The molecule has 1 heteroatoms. The highest BCUT2D eigenvalue weighted by atomic mass is 16.3. The van der Waals surface area contributed by atoms with E-state index in [1.165, 1.54) is 36.6 Å². The molecule has 0 aliphatic heterocycles.